The average molecular weight is 340 g/mol. The van der Waals surface area contributed by atoms with Gasteiger partial charge in [0.1, 0.15) is 0 Å². The third-order valence-electron chi connectivity index (χ3n) is 3.85. The Bertz CT molecular complexity index is 847. The summed E-state index contributed by atoms with van der Waals surface area (Å²) >= 11 is 5.28. The van der Waals surface area contributed by atoms with E-state index in [1.165, 1.54) is 19.1 Å². The van der Waals surface area contributed by atoms with E-state index in [0.717, 1.165) is 5.56 Å². The van der Waals surface area contributed by atoms with E-state index in [1.54, 1.807) is 6.07 Å². The van der Waals surface area contributed by atoms with Crippen molar-refractivity contribution in [2.75, 3.05) is 0 Å². The van der Waals surface area contributed by atoms with Crippen molar-refractivity contribution < 1.29 is 15.0 Å². The van der Waals surface area contributed by atoms with Crippen molar-refractivity contribution in [3.05, 3.63) is 65.2 Å². The van der Waals surface area contributed by atoms with E-state index < -0.39 is 6.04 Å². The Morgan fingerprint density at radius 2 is 1.79 bits per heavy atom. The first-order chi connectivity index (χ1) is 11.5. The first-order valence-corrected chi connectivity index (χ1v) is 7.78. The molecule has 122 valence electrons. The number of benzene rings is 2. The highest BCUT2D eigenvalue weighted by Gasteiger charge is 2.30. The molecule has 0 fully saturated rings. The highest BCUT2D eigenvalue weighted by molar-refractivity contribution is 7.80. The smallest absolute Gasteiger partial charge is 0.171 e. The number of nitrogens with one attached hydrogen (secondary N) is 2. The van der Waals surface area contributed by atoms with Crippen LogP contribution in [0.25, 0.3) is 5.70 Å². The third kappa shape index (κ3) is 2.96. The molecule has 0 unspecified atom stereocenters. The minimum atomic E-state index is -0.516. The molecule has 0 bridgehead atoms. The number of hydrogen-bond acceptors (Lipinski definition) is 4. The van der Waals surface area contributed by atoms with Gasteiger partial charge < -0.3 is 20.8 Å². The zero-order valence-electron chi connectivity index (χ0n) is 12.9. The van der Waals surface area contributed by atoms with Gasteiger partial charge in [-0.2, -0.15) is 0 Å². The van der Waals surface area contributed by atoms with Crippen molar-refractivity contribution in [3.8, 4) is 11.5 Å². The molecule has 0 radical (unpaired) electrons. The quantitative estimate of drug-likeness (QED) is 0.508. The minimum Gasteiger partial charge on any atom is -0.504 e. The highest BCUT2D eigenvalue weighted by Crippen LogP contribution is 2.35. The summed E-state index contributed by atoms with van der Waals surface area (Å²) in [5.41, 5.74) is 2.64. The van der Waals surface area contributed by atoms with Gasteiger partial charge in [-0.15, -0.1) is 0 Å². The van der Waals surface area contributed by atoms with E-state index in [-0.39, 0.29) is 17.3 Å². The van der Waals surface area contributed by atoms with Crippen molar-refractivity contribution in [2.45, 2.75) is 13.0 Å². The number of thiocarbonyl (C=S) groups is 1. The molecule has 0 saturated heterocycles. The maximum Gasteiger partial charge on any atom is 0.171 e. The van der Waals surface area contributed by atoms with Crippen molar-refractivity contribution >= 4 is 28.8 Å². The van der Waals surface area contributed by atoms with Gasteiger partial charge in [-0.1, -0.05) is 36.4 Å². The van der Waals surface area contributed by atoms with Gasteiger partial charge >= 0.3 is 0 Å². The van der Waals surface area contributed by atoms with Crippen molar-refractivity contribution in [1.29, 1.82) is 0 Å². The van der Waals surface area contributed by atoms with Crippen LogP contribution in [-0.2, 0) is 4.79 Å². The highest BCUT2D eigenvalue weighted by atomic mass is 32.1. The summed E-state index contributed by atoms with van der Waals surface area (Å²) in [6.45, 7) is 1.49. The van der Waals surface area contributed by atoms with Crippen LogP contribution in [0.2, 0.25) is 0 Å². The van der Waals surface area contributed by atoms with Crippen LogP contribution in [0.4, 0.5) is 0 Å². The zero-order chi connectivity index (χ0) is 17.3. The van der Waals surface area contributed by atoms with Crippen LogP contribution in [0.1, 0.15) is 24.1 Å². The fourth-order valence-electron chi connectivity index (χ4n) is 2.75. The summed E-state index contributed by atoms with van der Waals surface area (Å²) in [5, 5.41) is 25.8. The number of rotatable bonds is 3. The van der Waals surface area contributed by atoms with E-state index in [1.807, 2.05) is 30.3 Å². The van der Waals surface area contributed by atoms with Crippen molar-refractivity contribution in [3.63, 3.8) is 0 Å². The van der Waals surface area contributed by atoms with Gasteiger partial charge in [0, 0.05) is 5.57 Å². The van der Waals surface area contributed by atoms with Gasteiger partial charge in [0.25, 0.3) is 0 Å². The van der Waals surface area contributed by atoms with Crippen LogP contribution < -0.4 is 10.6 Å². The predicted octanol–water partition coefficient (Wildman–Crippen LogP) is 2.62. The van der Waals surface area contributed by atoms with Gasteiger partial charge in [0.05, 0.1) is 11.7 Å². The molecule has 0 amide bonds. The monoisotopic (exact) mass is 340 g/mol. The zero-order valence-corrected chi connectivity index (χ0v) is 13.7. The van der Waals surface area contributed by atoms with Crippen molar-refractivity contribution in [1.82, 2.24) is 10.6 Å². The molecule has 3 rings (SSSR count). The molecule has 1 aliphatic heterocycles. The van der Waals surface area contributed by atoms with Crippen molar-refractivity contribution in [2.24, 2.45) is 0 Å². The van der Waals surface area contributed by atoms with Gasteiger partial charge in [0.15, 0.2) is 22.4 Å². The molecule has 1 heterocycles. The Kier molecular flexibility index (Phi) is 4.22. The molecular formula is C18H16N2O3S. The predicted molar refractivity (Wildman–Crippen MR) is 95.4 cm³/mol. The molecule has 6 heteroatoms. The molecule has 1 aliphatic rings. The Morgan fingerprint density at radius 3 is 2.42 bits per heavy atom. The maximum absolute atomic E-state index is 12.3. The lowest BCUT2D eigenvalue weighted by atomic mass is 9.90. The number of phenolic OH excluding ortho intramolecular Hbond substituents is 2. The molecule has 0 saturated carbocycles. The standard InChI is InChI=1S/C18H16N2O3S/c1-10(21)15-16(11-5-3-2-4-6-11)19-18(24)20-17(15)12-7-8-13(22)14(23)9-12/h2-9,17,22-23H,1H3,(H2,19,20,24)/t17-/m0/s1. The van der Waals surface area contributed by atoms with Crippen LogP contribution in [-0.4, -0.2) is 21.1 Å². The van der Waals surface area contributed by atoms with Gasteiger partial charge in [-0.3, -0.25) is 4.79 Å². The summed E-state index contributed by atoms with van der Waals surface area (Å²) in [6, 6.07) is 13.4. The second kappa shape index (κ2) is 6.33. The van der Waals surface area contributed by atoms with Crippen LogP contribution in [0.5, 0.6) is 11.5 Å². The van der Waals surface area contributed by atoms with Crippen LogP contribution in [0.15, 0.2) is 54.1 Å². The summed E-state index contributed by atoms with van der Waals surface area (Å²) in [6.07, 6.45) is 0. The molecular weight excluding hydrogens is 324 g/mol. The Labute approximate surface area is 144 Å². The average Bonchev–Trinajstić information content (AvgIpc) is 2.57. The van der Waals surface area contributed by atoms with E-state index in [4.69, 9.17) is 12.2 Å². The lowest BCUT2D eigenvalue weighted by Crippen LogP contribution is -2.44. The number of phenols is 2. The normalized spacial score (nSPS) is 17.2. The van der Waals surface area contributed by atoms with E-state index in [2.05, 4.69) is 10.6 Å². The molecule has 4 N–H and O–H groups in total. The summed E-state index contributed by atoms with van der Waals surface area (Å²) in [7, 11) is 0. The summed E-state index contributed by atoms with van der Waals surface area (Å²) < 4.78 is 0. The lowest BCUT2D eigenvalue weighted by Gasteiger charge is -2.31. The lowest BCUT2D eigenvalue weighted by molar-refractivity contribution is -0.113. The number of carbonyl (C=O) groups is 1. The van der Waals surface area contributed by atoms with Crippen LogP contribution in [0, 0.1) is 0 Å². The fraction of sp³-hybridized carbons (Fsp3) is 0.111. The molecule has 0 aliphatic carbocycles. The second-order valence-electron chi connectivity index (χ2n) is 5.49. The van der Waals surface area contributed by atoms with E-state index >= 15 is 0 Å². The fourth-order valence-corrected chi connectivity index (χ4v) is 2.97. The number of aromatic hydroxyl groups is 2. The summed E-state index contributed by atoms with van der Waals surface area (Å²) in [4.78, 5) is 12.3. The number of carbonyl (C=O) groups excluding carboxylic acids is 1. The number of hydrogen-bond donors (Lipinski definition) is 4. The van der Waals surface area contributed by atoms with Gasteiger partial charge in [-0.05, 0) is 42.4 Å². The minimum absolute atomic E-state index is 0.117. The Balaban J connectivity index is 2.18. The maximum atomic E-state index is 12.3. The largest absolute Gasteiger partial charge is 0.504 e. The third-order valence-corrected chi connectivity index (χ3v) is 4.07. The Morgan fingerprint density at radius 1 is 1.08 bits per heavy atom. The SMILES string of the molecule is CC(=O)C1=C(c2ccccc2)NC(=S)N[C@H]1c1ccc(O)c(O)c1. The second-order valence-corrected chi connectivity index (χ2v) is 5.90. The molecule has 5 nitrogen and oxygen atoms in total. The number of Topliss-reactive ketones (excluding diaryl/α,β-unsaturated/α-hetero) is 1. The topological polar surface area (TPSA) is 81.6 Å². The van der Waals surface area contributed by atoms with Crippen LogP contribution >= 0.6 is 12.2 Å². The molecule has 0 aromatic heterocycles. The summed E-state index contributed by atoms with van der Waals surface area (Å²) in [5.74, 6) is -0.580. The molecule has 2 aromatic rings. The van der Waals surface area contributed by atoms with Crippen LogP contribution in [0.3, 0.4) is 0 Å². The molecule has 2 aromatic carbocycles. The molecule has 1 atom stereocenters. The Hall–Kier alpha value is -2.86. The first-order valence-electron chi connectivity index (χ1n) is 7.37. The first kappa shape index (κ1) is 16.0. The molecule has 0 spiro atoms. The van der Waals surface area contributed by atoms with E-state index in [9.17, 15) is 15.0 Å². The van der Waals surface area contributed by atoms with Gasteiger partial charge in [-0.25, -0.2) is 0 Å². The van der Waals surface area contributed by atoms with Gasteiger partial charge in [0.2, 0.25) is 0 Å². The van der Waals surface area contributed by atoms with E-state index in [0.29, 0.717) is 21.9 Å². The molecule has 24 heavy (non-hydrogen) atoms. The number of ketones is 1.